The third-order valence-corrected chi connectivity index (χ3v) is 11.2. The normalized spacial score (nSPS) is 20.4. The largest absolute Gasteiger partial charge is 0.497 e. The number of hydrogen-bond donors (Lipinski definition) is 1. The molecule has 0 saturated carbocycles. The first-order valence-electron chi connectivity index (χ1n) is 19.1. The van der Waals surface area contributed by atoms with Crippen molar-refractivity contribution >= 4 is 17.8 Å². The number of benzene rings is 4. The van der Waals surface area contributed by atoms with E-state index in [4.69, 9.17) is 19.9 Å². The number of piperazine rings is 3. The van der Waals surface area contributed by atoms with Crippen molar-refractivity contribution in [1.29, 1.82) is 0 Å². The van der Waals surface area contributed by atoms with E-state index in [-0.39, 0.29) is 12.5 Å². The number of fused-ring (bicyclic) bond motifs is 3. The fourth-order valence-corrected chi connectivity index (χ4v) is 8.03. The molecule has 0 unspecified atom stereocenters. The minimum atomic E-state index is -0.769. The number of ether oxygens (including phenoxy) is 3. The fourth-order valence-electron chi connectivity index (χ4n) is 8.03. The first-order chi connectivity index (χ1) is 25.8. The average molecular weight is 734 g/mol. The molecule has 1 amide bonds. The van der Waals surface area contributed by atoms with Gasteiger partial charge in [0.15, 0.2) is 6.54 Å². The average Bonchev–Trinajstić information content (AvgIpc) is 3.16. The molecule has 7 rings (SSSR count). The van der Waals surface area contributed by atoms with E-state index >= 15 is 0 Å². The van der Waals surface area contributed by atoms with E-state index in [9.17, 15) is 14.4 Å². The van der Waals surface area contributed by atoms with Gasteiger partial charge in [0.05, 0.1) is 18.9 Å². The van der Waals surface area contributed by atoms with Crippen LogP contribution in [0.25, 0.3) is 11.1 Å². The summed E-state index contributed by atoms with van der Waals surface area (Å²) < 4.78 is 19.0. The Bertz CT molecular complexity index is 1860. The molecule has 9 nitrogen and oxygen atoms in total. The van der Waals surface area contributed by atoms with Crippen LogP contribution >= 0.6 is 0 Å². The number of nitrogens with two attached hydrogens (primary N) is 1. The highest BCUT2D eigenvalue weighted by Gasteiger charge is 2.49. The second-order valence-electron chi connectivity index (χ2n) is 16.3. The zero-order valence-electron chi connectivity index (χ0n) is 32.2. The van der Waals surface area contributed by atoms with Crippen LogP contribution in [-0.2, 0) is 49.9 Å². The van der Waals surface area contributed by atoms with Gasteiger partial charge in [0, 0.05) is 5.56 Å². The lowest BCUT2D eigenvalue weighted by atomic mass is 9.82. The number of quaternary nitrogens is 2. The summed E-state index contributed by atoms with van der Waals surface area (Å²) in [4.78, 5) is 39.6. The third-order valence-electron chi connectivity index (χ3n) is 11.2. The Morgan fingerprint density at radius 3 is 1.63 bits per heavy atom. The Hall–Kier alpha value is -4.99. The van der Waals surface area contributed by atoms with Gasteiger partial charge in [-0.3, -0.25) is 14.4 Å². The van der Waals surface area contributed by atoms with Gasteiger partial charge in [-0.1, -0.05) is 91.0 Å². The maximum Gasteiger partial charge on any atom is 0.310 e. The van der Waals surface area contributed by atoms with Crippen molar-refractivity contribution in [2.45, 2.75) is 52.4 Å². The molecule has 54 heavy (non-hydrogen) atoms. The van der Waals surface area contributed by atoms with Crippen LogP contribution in [0, 0.1) is 11.8 Å². The van der Waals surface area contributed by atoms with Crippen molar-refractivity contribution in [3.8, 4) is 16.9 Å². The molecule has 3 heterocycles. The smallest absolute Gasteiger partial charge is 0.310 e. The molecule has 3 aliphatic heterocycles. The number of esters is 2. The van der Waals surface area contributed by atoms with Crippen molar-refractivity contribution in [2.24, 2.45) is 17.6 Å². The van der Waals surface area contributed by atoms with Crippen LogP contribution in [0.2, 0.25) is 0 Å². The summed E-state index contributed by atoms with van der Waals surface area (Å²) in [6, 6.07) is 34.2. The Kier molecular flexibility index (Phi) is 11.9. The van der Waals surface area contributed by atoms with Gasteiger partial charge in [-0.05, 0) is 73.6 Å². The molecule has 4 aromatic rings. The van der Waals surface area contributed by atoms with Gasteiger partial charge in [0.25, 0.3) is 5.91 Å². The Morgan fingerprint density at radius 2 is 1.11 bits per heavy atom. The van der Waals surface area contributed by atoms with Gasteiger partial charge >= 0.3 is 11.9 Å². The molecule has 0 radical (unpaired) electrons. The zero-order chi connectivity index (χ0) is 38.3. The first kappa shape index (κ1) is 38.7. The van der Waals surface area contributed by atoms with Crippen molar-refractivity contribution in [1.82, 2.24) is 0 Å². The minimum absolute atomic E-state index is 0.0829. The summed E-state index contributed by atoms with van der Waals surface area (Å²) in [6.45, 7) is 13.3. The van der Waals surface area contributed by atoms with Crippen molar-refractivity contribution in [2.75, 3.05) is 52.9 Å². The zero-order valence-corrected chi connectivity index (χ0v) is 32.2. The van der Waals surface area contributed by atoms with E-state index < -0.39 is 29.4 Å². The number of carbonyl (C=O) groups excluding carboxylic acids is 3. The molecule has 3 fully saturated rings. The van der Waals surface area contributed by atoms with E-state index in [1.807, 2.05) is 87.5 Å². The van der Waals surface area contributed by atoms with Crippen LogP contribution in [0.5, 0.6) is 5.75 Å². The third kappa shape index (κ3) is 9.95. The molecule has 0 spiro atoms. The van der Waals surface area contributed by atoms with Crippen LogP contribution in [0.1, 0.15) is 43.0 Å². The monoisotopic (exact) mass is 733 g/mol. The Labute approximate surface area is 319 Å². The van der Waals surface area contributed by atoms with Gasteiger partial charge in [0.2, 0.25) is 0 Å². The van der Waals surface area contributed by atoms with E-state index in [2.05, 4.69) is 36.4 Å². The van der Waals surface area contributed by atoms with Crippen molar-refractivity contribution < 1.29 is 37.6 Å². The Balaban J connectivity index is 1.17. The molecular formula is C45H55N3O6+2. The topological polar surface area (TPSA) is 105 Å². The molecule has 2 bridgehead atoms. The lowest BCUT2D eigenvalue weighted by molar-refractivity contribution is -1.08. The molecular weight excluding hydrogens is 679 g/mol. The standard InChI is InChI=1S/C45H54N3O6/c1-45(2,3)54-44(51)41(40(28-33-8-6-5-7-9-33)43(50)53-32-36-14-20-39(52-4)21-15-36)29-34-10-16-37(17-11-34)38-18-12-35(13-19-38)30-47-22-25-48(26-23-47,27-24-47)31-42(46)49/h5-21,40-41H,22-32H2,1-4H3,(H-,46,49)/q+1/p+1/t40-,41+,47?,48?/m1/s1. The molecule has 284 valence electrons. The molecule has 0 aromatic heterocycles. The first-order valence-corrected chi connectivity index (χ1v) is 19.1. The van der Waals surface area contributed by atoms with Crippen LogP contribution in [-0.4, -0.2) is 85.3 Å². The molecule has 3 aliphatic rings. The van der Waals surface area contributed by atoms with Crippen LogP contribution in [0.15, 0.2) is 103 Å². The van der Waals surface area contributed by atoms with Gasteiger partial charge < -0.3 is 28.9 Å². The highest BCUT2D eigenvalue weighted by molar-refractivity contribution is 5.83. The fraction of sp³-hybridized carbons (Fsp3) is 0.400. The number of nitrogens with zero attached hydrogens (tertiary/aromatic N) is 2. The quantitative estimate of drug-likeness (QED) is 0.117. The van der Waals surface area contributed by atoms with E-state index in [1.54, 1.807) is 7.11 Å². The van der Waals surface area contributed by atoms with E-state index in [1.165, 1.54) is 5.56 Å². The molecule has 3 saturated heterocycles. The molecule has 2 atom stereocenters. The van der Waals surface area contributed by atoms with Gasteiger partial charge in [-0.15, -0.1) is 0 Å². The second-order valence-corrected chi connectivity index (χ2v) is 16.3. The lowest BCUT2D eigenvalue weighted by Gasteiger charge is -2.55. The summed E-state index contributed by atoms with van der Waals surface area (Å²) in [5, 5.41) is 0. The summed E-state index contributed by atoms with van der Waals surface area (Å²) in [7, 11) is 1.61. The molecule has 2 N–H and O–H groups in total. The number of carbonyl (C=O) groups is 3. The highest BCUT2D eigenvalue weighted by Crippen LogP contribution is 2.31. The molecule has 9 heteroatoms. The maximum absolute atomic E-state index is 14.0. The van der Waals surface area contributed by atoms with Gasteiger partial charge in [0.1, 0.15) is 63.8 Å². The predicted molar refractivity (Wildman–Crippen MR) is 209 cm³/mol. The molecule has 0 aliphatic carbocycles. The van der Waals surface area contributed by atoms with Crippen molar-refractivity contribution in [3.05, 3.63) is 125 Å². The lowest BCUT2D eigenvalue weighted by Crippen LogP contribution is -2.75. The van der Waals surface area contributed by atoms with E-state index in [0.717, 1.165) is 88.3 Å². The summed E-state index contributed by atoms with van der Waals surface area (Å²) in [5.74, 6) is -1.87. The molecule has 4 aromatic carbocycles. The summed E-state index contributed by atoms with van der Waals surface area (Å²) in [6.07, 6.45) is 0.659. The number of methoxy groups -OCH3 is 1. The highest BCUT2D eigenvalue weighted by atomic mass is 16.6. The van der Waals surface area contributed by atoms with Crippen molar-refractivity contribution in [3.63, 3.8) is 0 Å². The van der Waals surface area contributed by atoms with Crippen LogP contribution in [0.4, 0.5) is 0 Å². The van der Waals surface area contributed by atoms with E-state index in [0.29, 0.717) is 19.4 Å². The van der Waals surface area contributed by atoms with Crippen LogP contribution in [0.3, 0.4) is 0 Å². The number of hydrogen-bond acceptors (Lipinski definition) is 6. The minimum Gasteiger partial charge on any atom is -0.497 e. The van der Waals surface area contributed by atoms with Gasteiger partial charge in [-0.25, -0.2) is 0 Å². The second kappa shape index (κ2) is 16.6. The summed E-state index contributed by atoms with van der Waals surface area (Å²) >= 11 is 0. The number of amides is 1. The predicted octanol–water partition coefficient (Wildman–Crippen LogP) is 6.11. The SMILES string of the molecule is COc1ccc(COC(=O)[C@H](Cc2ccccc2)[C@H](Cc2ccc(-c3ccc(C[N+]45CC[N+](CC(N)=O)(CC4)CC5)cc3)cc2)C(=O)OC(C)(C)C)cc1. The van der Waals surface area contributed by atoms with Crippen LogP contribution < -0.4 is 10.5 Å². The maximum atomic E-state index is 14.0. The van der Waals surface area contributed by atoms with Gasteiger partial charge in [-0.2, -0.15) is 0 Å². The Morgan fingerprint density at radius 1 is 0.630 bits per heavy atom. The summed E-state index contributed by atoms with van der Waals surface area (Å²) in [5.41, 5.74) is 11.1. The number of primary amides is 1. The number of rotatable bonds is 15.